The largest absolute Gasteiger partial charge is 0.340 e. The van der Waals surface area contributed by atoms with Gasteiger partial charge in [-0.1, -0.05) is 6.07 Å². The molecule has 0 aliphatic carbocycles. The molecule has 1 aliphatic rings. The molecule has 0 amide bonds. The van der Waals surface area contributed by atoms with Crippen LogP contribution in [0.25, 0.3) is 0 Å². The zero-order chi connectivity index (χ0) is 16.2. The Balaban J connectivity index is 1.67. The predicted octanol–water partition coefficient (Wildman–Crippen LogP) is 2.59. The smallest absolute Gasteiger partial charge is 0.225 e. The standard InChI is InChI=1S/C18H25N5/c1-14-8-10-20-18(21-14)22(3)17-7-5-11-23(13-17)12-16-6-4-9-19-15(16)2/h4,6,8-10,17H,5,7,11-13H2,1-3H3. The van der Waals surface area contributed by atoms with Crippen molar-refractivity contribution in [2.75, 3.05) is 25.0 Å². The summed E-state index contributed by atoms with van der Waals surface area (Å²) in [5.74, 6) is 0.828. The van der Waals surface area contributed by atoms with Crippen LogP contribution in [0.4, 0.5) is 5.95 Å². The van der Waals surface area contributed by atoms with Gasteiger partial charge in [0.05, 0.1) is 0 Å². The zero-order valence-corrected chi connectivity index (χ0v) is 14.2. The Labute approximate surface area is 138 Å². The Kier molecular flexibility index (Phi) is 4.86. The molecule has 0 saturated carbocycles. The summed E-state index contributed by atoms with van der Waals surface area (Å²) < 4.78 is 0. The van der Waals surface area contributed by atoms with Gasteiger partial charge in [0.2, 0.25) is 5.95 Å². The molecule has 2 aromatic rings. The molecule has 3 heterocycles. The van der Waals surface area contributed by atoms with Crippen molar-refractivity contribution < 1.29 is 0 Å². The second kappa shape index (κ2) is 7.04. The number of hydrogen-bond donors (Lipinski definition) is 0. The summed E-state index contributed by atoms with van der Waals surface area (Å²) in [5.41, 5.74) is 3.47. The van der Waals surface area contributed by atoms with Crippen molar-refractivity contribution in [2.45, 2.75) is 39.3 Å². The minimum atomic E-state index is 0.461. The molecule has 0 N–H and O–H groups in total. The van der Waals surface area contributed by atoms with E-state index in [0.29, 0.717) is 6.04 Å². The summed E-state index contributed by atoms with van der Waals surface area (Å²) in [5, 5.41) is 0. The first-order valence-corrected chi connectivity index (χ1v) is 8.29. The van der Waals surface area contributed by atoms with Crippen molar-refractivity contribution in [1.82, 2.24) is 19.9 Å². The first-order chi connectivity index (χ1) is 11.1. The third-order valence-electron chi connectivity index (χ3n) is 4.64. The minimum absolute atomic E-state index is 0.461. The number of aromatic nitrogens is 3. The van der Waals surface area contributed by atoms with Crippen molar-refractivity contribution in [1.29, 1.82) is 0 Å². The molecule has 122 valence electrons. The van der Waals surface area contributed by atoms with Gasteiger partial charge in [0.25, 0.3) is 0 Å². The number of aryl methyl sites for hydroxylation is 2. The van der Waals surface area contributed by atoms with E-state index in [1.807, 2.05) is 31.5 Å². The second-order valence-corrected chi connectivity index (χ2v) is 6.39. The fraction of sp³-hybridized carbons (Fsp3) is 0.500. The van der Waals surface area contributed by atoms with Crippen molar-refractivity contribution in [2.24, 2.45) is 0 Å². The third kappa shape index (κ3) is 3.85. The molecule has 0 spiro atoms. The maximum absolute atomic E-state index is 4.56. The van der Waals surface area contributed by atoms with E-state index in [4.69, 9.17) is 0 Å². The molecule has 0 aromatic carbocycles. The van der Waals surface area contributed by atoms with Crippen LogP contribution in [-0.2, 0) is 6.54 Å². The van der Waals surface area contributed by atoms with E-state index in [1.54, 1.807) is 0 Å². The summed E-state index contributed by atoms with van der Waals surface area (Å²) in [7, 11) is 2.11. The SMILES string of the molecule is Cc1ccnc(N(C)C2CCCN(Cc3cccnc3C)C2)n1. The fourth-order valence-corrected chi connectivity index (χ4v) is 3.19. The first kappa shape index (κ1) is 15.9. The van der Waals surface area contributed by atoms with Crippen LogP contribution in [0.5, 0.6) is 0 Å². The van der Waals surface area contributed by atoms with Gasteiger partial charge in [-0.15, -0.1) is 0 Å². The number of nitrogens with zero attached hydrogens (tertiary/aromatic N) is 5. The Morgan fingerprint density at radius 2 is 2.09 bits per heavy atom. The monoisotopic (exact) mass is 311 g/mol. The maximum Gasteiger partial charge on any atom is 0.225 e. The highest BCUT2D eigenvalue weighted by Gasteiger charge is 2.25. The van der Waals surface area contributed by atoms with Gasteiger partial charge in [-0.25, -0.2) is 9.97 Å². The van der Waals surface area contributed by atoms with Crippen LogP contribution >= 0.6 is 0 Å². The van der Waals surface area contributed by atoms with Crippen LogP contribution < -0.4 is 4.90 Å². The Hall–Kier alpha value is -2.01. The molecule has 1 fully saturated rings. The summed E-state index contributed by atoms with van der Waals surface area (Å²) >= 11 is 0. The van der Waals surface area contributed by atoms with Crippen LogP contribution in [0.3, 0.4) is 0 Å². The topological polar surface area (TPSA) is 45.2 Å². The Bertz CT molecular complexity index is 657. The van der Waals surface area contributed by atoms with Crippen molar-refractivity contribution in [3.63, 3.8) is 0 Å². The summed E-state index contributed by atoms with van der Waals surface area (Å²) in [4.78, 5) is 18.1. The van der Waals surface area contributed by atoms with Crippen LogP contribution in [0, 0.1) is 13.8 Å². The average Bonchev–Trinajstić information content (AvgIpc) is 2.56. The second-order valence-electron chi connectivity index (χ2n) is 6.39. The van der Waals surface area contributed by atoms with Gasteiger partial charge in [0, 0.05) is 50.0 Å². The molecular formula is C18H25N5. The number of piperidine rings is 1. The van der Waals surface area contributed by atoms with E-state index in [9.17, 15) is 0 Å². The van der Waals surface area contributed by atoms with Crippen LogP contribution in [0.1, 0.15) is 29.8 Å². The van der Waals surface area contributed by atoms with E-state index in [0.717, 1.165) is 37.0 Å². The number of likely N-dealkylation sites (tertiary alicyclic amines) is 1. The van der Waals surface area contributed by atoms with Gasteiger partial charge in [-0.3, -0.25) is 9.88 Å². The molecule has 5 nitrogen and oxygen atoms in total. The average molecular weight is 311 g/mol. The molecule has 23 heavy (non-hydrogen) atoms. The predicted molar refractivity (Wildman–Crippen MR) is 92.4 cm³/mol. The molecule has 5 heteroatoms. The number of pyridine rings is 1. The van der Waals surface area contributed by atoms with Gasteiger partial charge in [0.1, 0.15) is 0 Å². The molecule has 1 saturated heterocycles. The van der Waals surface area contributed by atoms with Gasteiger partial charge in [-0.2, -0.15) is 0 Å². The zero-order valence-electron chi connectivity index (χ0n) is 14.2. The van der Waals surface area contributed by atoms with Gasteiger partial charge < -0.3 is 4.90 Å². The van der Waals surface area contributed by atoms with E-state index in [1.165, 1.54) is 18.4 Å². The van der Waals surface area contributed by atoms with E-state index in [-0.39, 0.29) is 0 Å². The molecule has 1 aliphatic heterocycles. The summed E-state index contributed by atoms with van der Waals surface area (Å²) in [6, 6.07) is 6.61. The normalized spacial score (nSPS) is 18.8. The van der Waals surface area contributed by atoms with Crippen LogP contribution in [0.15, 0.2) is 30.6 Å². The third-order valence-corrected chi connectivity index (χ3v) is 4.64. The molecule has 3 rings (SSSR count). The molecule has 0 radical (unpaired) electrons. The lowest BCUT2D eigenvalue weighted by atomic mass is 10.0. The maximum atomic E-state index is 4.56. The fourth-order valence-electron chi connectivity index (χ4n) is 3.19. The van der Waals surface area contributed by atoms with Gasteiger partial charge in [0.15, 0.2) is 0 Å². The van der Waals surface area contributed by atoms with Gasteiger partial charge >= 0.3 is 0 Å². The lowest BCUT2D eigenvalue weighted by molar-refractivity contribution is 0.197. The Morgan fingerprint density at radius 1 is 1.22 bits per heavy atom. The number of rotatable bonds is 4. The lowest BCUT2D eigenvalue weighted by Gasteiger charge is -2.37. The molecule has 0 bridgehead atoms. The van der Waals surface area contributed by atoms with E-state index in [2.05, 4.69) is 44.8 Å². The number of likely N-dealkylation sites (N-methyl/N-ethyl adjacent to an activating group) is 1. The van der Waals surface area contributed by atoms with Gasteiger partial charge in [-0.05, 0) is 50.9 Å². The van der Waals surface area contributed by atoms with E-state index >= 15 is 0 Å². The van der Waals surface area contributed by atoms with Crippen molar-refractivity contribution >= 4 is 5.95 Å². The summed E-state index contributed by atoms with van der Waals surface area (Å²) in [6.45, 7) is 7.26. The first-order valence-electron chi connectivity index (χ1n) is 8.29. The lowest BCUT2D eigenvalue weighted by Crippen LogP contribution is -2.46. The highest BCUT2D eigenvalue weighted by Crippen LogP contribution is 2.20. The van der Waals surface area contributed by atoms with E-state index < -0.39 is 0 Å². The molecule has 2 aromatic heterocycles. The van der Waals surface area contributed by atoms with Crippen LogP contribution in [0.2, 0.25) is 0 Å². The highest BCUT2D eigenvalue weighted by atomic mass is 15.3. The van der Waals surface area contributed by atoms with Crippen molar-refractivity contribution in [3.05, 3.63) is 47.5 Å². The number of anilines is 1. The molecule has 1 unspecified atom stereocenters. The number of hydrogen-bond acceptors (Lipinski definition) is 5. The summed E-state index contributed by atoms with van der Waals surface area (Å²) in [6.07, 6.45) is 6.10. The molecule has 1 atom stereocenters. The minimum Gasteiger partial charge on any atom is -0.340 e. The highest BCUT2D eigenvalue weighted by molar-refractivity contribution is 5.31. The Morgan fingerprint density at radius 3 is 2.87 bits per heavy atom. The van der Waals surface area contributed by atoms with Crippen LogP contribution in [-0.4, -0.2) is 46.0 Å². The quantitative estimate of drug-likeness (QED) is 0.868. The van der Waals surface area contributed by atoms with Crippen molar-refractivity contribution in [3.8, 4) is 0 Å². The molecular weight excluding hydrogens is 286 g/mol.